The third kappa shape index (κ3) is 6.69. The van der Waals surface area contributed by atoms with Gasteiger partial charge in [-0.3, -0.25) is 4.55 Å². The van der Waals surface area contributed by atoms with Crippen molar-refractivity contribution in [2.75, 3.05) is 5.75 Å². The number of ether oxygens (including phenoxy) is 1. The molecule has 5 nitrogen and oxygen atoms in total. The van der Waals surface area contributed by atoms with Crippen LogP contribution in [0.25, 0.3) is 0 Å². The summed E-state index contributed by atoms with van der Waals surface area (Å²) in [5.41, 5.74) is 0. The van der Waals surface area contributed by atoms with Gasteiger partial charge in [0.15, 0.2) is 3.92 Å². The fourth-order valence-corrected chi connectivity index (χ4v) is 1.44. The Bertz CT molecular complexity index is 424. The lowest BCUT2D eigenvalue weighted by Crippen LogP contribution is -2.40. The molecule has 0 aliphatic rings. The van der Waals surface area contributed by atoms with Gasteiger partial charge in [-0.25, -0.2) is 4.79 Å². The number of halogens is 4. The number of esters is 1. The molecule has 0 amide bonds. The molecule has 0 spiro atoms. The standard InChI is InChI=1S/C7H6F3IO5S/c1-2-4(11)6(12)16-5(7(8,9)10)3-17(13,14)15/h1,4-5H,3H2,(H,13,14,15). The Morgan fingerprint density at radius 3 is 2.29 bits per heavy atom. The molecule has 0 aromatic heterocycles. The van der Waals surface area contributed by atoms with Gasteiger partial charge in [0, 0.05) is 0 Å². The minimum atomic E-state index is -5.11. The van der Waals surface area contributed by atoms with Crippen molar-refractivity contribution in [2.45, 2.75) is 16.2 Å². The molecule has 17 heavy (non-hydrogen) atoms. The maximum Gasteiger partial charge on any atom is 0.426 e. The first kappa shape index (κ1) is 16.5. The van der Waals surface area contributed by atoms with E-state index in [2.05, 4.69) is 4.74 Å². The van der Waals surface area contributed by atoms with Crippen LogP contribution in [0.1, 0.15) is 0 Å². The third-order valence-corrected chi connectivity index (χ3v) is 2.93. The molecule has 10 heteroatoms. The Labute approximate surface area is 109 Å². The number of carbonyl (C=O) groups excluding carboxylic acids is 1. The van der Waals surface area contributed by atoms with E-state index in [9.17, 15) is 26.4 Å². The van der Waals surface area contributed by atoms with Gasteiger partial charge in [-0.1, -0.05) is 28.5 Å². The predicted molar refractivity (Wildman–Crippen MR) is 59.0 cm³/mol. The number of hydrogen-bond acceptors (Lipinski definition) is 4. The molecule has 0 rings (SSSR count). The van der Waals surface area contributed by atoms with E-state index in [1.54, 1.807) is 0 Å². The predicted octanol–water partition coefficient (Wildman–Crippen LogP) is 0.785. The summed E-state index contributed by atoms with van der Waals surface area (Å²) in [7, 11) is -4.94. The highest BCUT2D eigenvalue weighted by Gasteiger charge is 2.45. The van der Waals surface area contributed by atoms with E-state index in [4.69, 9.17) is 11.0 Å². The summed E-state index contributed by atoms with van der Waals surface area (Å²) in [5.74, 6) is -1.35. The van der Waals surface area contributed by atoms with E-state index in [1.807, 2.05) is 5.92 Å². The molecule has 0 saturated heterocycles. The Balaban J connectivity index is 4.88. The first-order valence-electron chi connectivity index (χ1n) is 3.80. The first-order chi connectivity index (χ1) is 7.47. The van der Waals surface area contributed by atoms with Crippen molar-refractivity contribution in [1.82, 2.24) is 0 Å². The summed E-state index contributed by atoms with van der Waals surface area (Å²) in [6.45, 7) is 0. The Kier molecular flexibility index (Phi) is 5.69. The van der Waals surface area contributed by atoms with Crippen LogP contribution in [0.4, 0.5) is 13.2 Å². The second-order valence-electron chi connectivity index (χ2n) is 2.74. The van der Waals surface area contributed by atoms with Crippen molar-refractivity contribution in [3.63, 3.8) is 0 Å². The molecular formula is C7H6F3IO5S. The molecule has 0 aromatic carbocycles. The highest BCUT2D eigenvalue weighted by Crippen LogP contribution is 2.25. The third-order valence-electron chi connectivity index (χ3n) is 1.34. The number of alkyl halides is 4. The molecule has 98 valence electrons. The lowest BCUT2D eigenvalue weighted by atomic mass is 10.4. The van der Waals surface area contributed by atoms with Gasteiger partial charge in [0.25, 0.3) is 10.1 Å². The average molecular weight is 386 g/mol. The van der Waals surface area contributed by atoms with E-state index in [-0.39, 0.29) is 0 Å². The lowest BCUT2D eigenvalue weighted by Gasteiger charge is -2.19. The minimum absolute atomic E-state index is 1.28. The number of carbonyl (C=O) groups is 1. The van der Waals surface area contributed by atoms with E-state index >= 15 is 0 Å². The van der Waals surface area contributed by atoms with Gasteiger partial charge in [0.1, 0.15) is 5.75 Å². The second-order valence-corrected chi connectivity index (χ2v) is 5.49. The van der Waals surface area contributed by atoms with E-state index in [0.29, 0.717) is 0 Å². The maximum atomic E-state index is 12.3. The number of terminal acetylenes is 1. The van der Waals surface area contributed by atoms with E-state index in [1.165, 1.54) is 22.6 Å². The largest absolute Gasteiger partial charge is 0.450 e. The van der Waals surface area contributed by atoms with Crippen molar-refractivity contribution in [3.8, 4) is 12.3 Å². The summed E-state index contributed by atoms with van der Waals surface area (Å²) in [6.07, 6.45) is -3.29. The normalized spacial score (nSPS) is 15.8. The Hall–Kier alpha value is -0.540. The monoisotopic (exact) mass is 386 g/mol. The Morgan fingerprint density at radius 2 is 2.00 bits per heavy atom. The second kappa shape index (κ2) is 5.87. The van der Waals surface area contributed by atoms with Gasteiger partial charge in [0.05, 0.1) is 0 Å². The molecule has 0 aromatic rings. The van der Waals surface area contributed by atoms with Crippen molar-refractivity contribution in [1.29, 1.82) is 0 Å². The molecule has 0 heterocycles. The van der Waals surface area contributed by atoms with Crippen LogP contribution in [-0.4, -0.2) is 40.9 Å². The minimum Gasteiger partial charge on any atom is -0.450 e. The quantitative estimate of drug-likeness (QED) is 0.254. The molecule has 1 N–H and O–H groups in total. The summed E-state index contributed by atoms with van der Waals surface area (Å²) < 4.78 is 68.4. The van der Waals surface area contributed by atoms with Crippen LogP contribution >= 0.6 is 22.6 Å². The summed E-state index contributed by atoms with van der Waals surface area (Å²) in [4.78, 5) is 11.0. The van der Waals surface area contributed by atoms with Crippen LogP contribution in [0.2, 0.25) is 0 Å². The fourth-order valence-electron chi connectivity index (χ4n) is 0.655. The lowest BCUT2D eigenvalue weighted by molar-refractivity contribution is -0.214. The van der Waals surface area contributed by atoms with Crippen LogP contribution in [0, 0.1) is 12.3 Å². The van der Waals surface area contributed by atoms with Crippen molar-refractivity contribution in [3.05, 3.63) is 0 Å². The van der Waals surface area contributed by atoms with Gasteiger partial charge in [-0.15, -0.1) is 6.42 Å². The maximum absolute atomic E-state index is 12.3. The molecule has 2 unspecified atom stereocenters. The van der Waals surface area contributed by atoms with Crippen molar-refractivity contribution < 1.29 is 35.7 Å². The molecule has 0 aliphatic carbocycles. The van der Waals surface area contributed by atoms with Crippen molar-refractivity contribution in [2.24, 2.45) is 0 Å². The molecular weight excluding hydrogens is 380 g/mol. The van der Waals surface area contributed by atoms with E-state index in [0.717, 1.165) is 0 Å². The molecule has 2 atom stereocenters. The van der Waals surface area contributed by atoms with Gasteiger partial charge < -0.3 is 4.74 Å². The summed E-state index contributed by atoms with van der Waals surface area (Å²) in [6, 6.07) is 0. The average Bonchev–Trinajstić information content (AvgIpc) is 2.11. The highest BCUT2D eigenvalue weighted by molar-refractivity contribution is 14.1. The van der Waals surface area contributed by atoms with Crippen LogP contribution < -0.4 is 0 Å². The van der Waals surface area contributed by atoms with Gasteiger partial charge in [-0.05, 0) is 0 Å². The highest BCUT2D eigenvalue weighted by atomic mass is 127. The summed E-state index contributed by atoms with van der Waals surface area (Å²) >= 11 is 1.34. The summed E-state index contributed by atoms with van der Waals surface area (Å²) in [5, 5.41) is 0. The molecule has 0 saturated carbocycles. The first-order valence-corrected chi connectivity index (χ1v) is 6.65. The Morgan fingerprint density at radius 1 is 1.53 bits per heavy atom. The van der Waals surface area contributed by atoms with Gasteiger partial charge >= 0.3 is 12.1 Å². The van der Waals surface area contributed by atoms with Crippen LogP contribution in [0.3, 0.4) is 0 Å². The van der Waals surface area contributed by atoms with Gasteiger partial charge in [0.2, 0.25) is 6.10 Å². The molecule has 0 radical (unpaired) electrons. The number of rotatable bonds is 4. The topological polar surface area (TPSA) is 80.7 Å². The van der Waals surface area contributed by atoms with Gasteiger partial charge in [-0.2, -0.15) is 21.6 Å². The zero-order chi connectivity index (χ0) is 13.9. The van der Waals surface area contributed by atoms with E-state index < -0.39 is 38.0 Å². The molecule has 0 bridgehead atoms. The zero-order valence-electron chi connectivity index (χ0n) is 7.94. The SMILES string of the molecule is C#CC(I)C(=O)OC(CS(=O)(=O)O)C(F)(F)F. The van der Waals surface area contributed by atoms with Crippen LogP contribution in [-0.2, 0) is 19.6 Å². The van der Waals surface area contributed by atoms with Crippen LogP contribution in [0.15, 0.2) is 0 Å². The van der Waals surface area contributed by atoms with Crippen molar-refractivity contribution >= 4 is 38.7 Å². The zero-order valence-corrected chi connectivity index (χ0v) is 10.9. The molecule has 0 aliphatic heterocycles. The molecule has 0 fully saturated rings. The number of hydrogen-bond donors (Lipinski definition) is 1. The smallest absolute Gasteiger partial charge is 0.426 e. The fraction of sp³-hybridized carbons (Fsp3) is 0.571. The van der Waals surface area contributed by atoms with Crippen LogP contribution in [0.5, 0.6) is 0 Å².